The molecule has 3 heteroatoms. The number of urea groups is 1. The van der Waals surface area contributed by atoms with Crippen molar-refractivity contribution < 1.29 is 4.79 Å². The van der Waals surface area contributed by atoms with E-state index in [1.807, 2.05) is 41.3 Å². The van der Waals surface area contributed by atoms with Crippen LogP contribution in [0.2, 0.25) is 0 Å². The maximum atomic E-state index is 11.9. The van der Waals surface area contributed by atoms with Crippen LogP contribution in [0.4, 0.5) is 4.79 Å². The van der Waals surface area contributed by atoms with E-state index in [2.05, 4.69) is 5.32 Å². The van der Waals surface area contributed by atoms with E-state index in [1.165, 1.54) is 12.8 Å². The number of hydrogen-bond donors (Lipinski definition) is 1. The molecule has 0 aromatic heterocycles. The molecular formula is C15H20N2O. The van der Waals surface area contributed by atoms with Crippen LogP contribution in [0.15, 0.2) is 36.5 Å². The highest BCUT2D eigenvalue weighted by molar-refractivity contribution is 5.76. The average molecular weight is 244 g/mol. The number of hydrogen-bond acceptors (Lipinski definition) is 1. The second-order valence-corrected chi connectivity index (χ2v) is 4.59. The lowest BCUT2D eigenvalue weighted by molar-refractivity contribution is 0.203. The number of rotatable bonds is 2. The zero-order valence-corrected chi connectivity index (χ0v) is 10.6. The first-order valence-corrected chi connectivity index (χ1v) is 6.63. The highest BCUT2D eigenvalue weighted by Gasteiger charge is 2.13. The van der Waals surface area contributed by atoms with Crippen molar-refractivity contribution in [3.05, 3.63) is 42.1 Å². The Bertz CT molecular complexity index is 392. The summed E-state index contributed by atoms with van der Waals surface area (Å²) in [4.78, 5) is 13.8. The minimum absolute atomic E-state index is 0.0177. The lowest BCUT2D eigenvalue weighted by Crippen LogP contribution is -2.38. The molecule has 0 spiro atoms. The second kappa shape index (κ2) is 6.84. The van der Waals surface area contributed by atoms with Crippen molar-refractivity contribution in [2.24, 2.45) is 0 Å². The molecule has 0 unspecified atom stereocenters. The topological polar surface area (TPSA) is 32.3 Å². The van der Waals surface area contributed by atoms with E-state index in [0.717, 1.165) is 31.5 Å². The predicted molar refractivity (Wildman–Crippen MR) is 74.0 cm³/mol. The Hall–Kier alpha value is -1.77. The second-order valence-electron chi connectivity index (χ2n) is 4.59. The summed E-state index contributed by atoms with van der Waals surface area (Å²) in [6, 6.07) is 9.98. The van der Waals surface area contributed by atoms with Crippen molar-refractivity contribution in [3.8, 4) is 0 Å². The van der Waals surface area contributed by atoms with E-state index in [0.29, 0.717) is 0 Å². The fourth-order valence-electron chi connectivity index (χ4n) is 2.14. The Kier molecular flexibility index (Phi) is 4.82. The zero-order valence-electron chi connectivity index (χ0n) is 10.6. The molecule has 3 nitrogen and oxygen atoms in total. The standard InChI is InChI=1S/C15H20N2O/c18-15(17-12-6-1-2-7-13-17)16-11-10-14-8-4-3-5-9-14/h3-5,8-11H,1-2,6-7,12-13H2,(H,16,18)/b11-10+. The van der Waals surface area contributed by atoms with Crippen LogP contribution in [0.3, 0.4) is 0 Å². The van der Waals surface area contributed by atoms with Gasteiger partial charge in [0.1, 0.15) is 0 Å². The first-order chi connectivity index (χ1) is 8.86. The van der Waals surface area contributed by atoms with Gasteiger partial charge in [0.25, 0.3) is 0 Å². The number of benzene rings is 1. The SMILES string of the molecule is O=C(N/C=C/c1ccccc1)N1CCCCCC1. The molecule has 0 saturated carbocycles. The number of nitrogens with zero attached hydrogens (tertiary/aromatic N) is 1. The third-order valence-electron chi connectivity index (χ3n) is 3.18. The van der Waals surface area contributed by atoms with E-state index < -0.39 is 0 Å². The van der Waals surface area contributed by atoms with E-state index in [4.69, 9.17) is 0 Å². The Labute approximate surface area is 108 Å². The summed E-state index contributed by atoms with van der Waals surface area (Å²) in [5, 5.41) is 2.84. The van der Waals surface area contributed by atoms with Crippen molar-refractivity contribution in [1.29, 1.82) is 0 Å². The smallest absolute Gasteiger partial charge is 0.321 e. The van der Waals surface area contributed by atoms with Crippen LogP contribution < -0.4 is 5.32 Å². The summed E-state index contributed by atoms with van der Waals surface area (Å²) >= 11 is 0. The van der Waals surface area contributed by atoms with Crippen molar-refractivity contribution in [3.63, 3.8) is 0 Å². The van der Waals surface area contributed by atoms with Crippen LogP contribution in [-0.4, -0.2) is 24.0 Å². The van der Waals surface area contributed by atoms with Gasteiger partial charge in [-0.25, -0.2) is 4.79 Å². The van der Waals surface area contributed by atoms with E-state index >= 15 is 0 Å². The molecule has 2 amide bonds. The molecule has 1 aliphatic heterocycles. The van der Waals surface area contributed by atoms with Gasteiger partial charge in [-0.1, -0.05) is 43.2 Å². The molecule has 1 N–H and O–H groups in total. The monoisotopic (exact) mass is 244 g/mol. The minimum atomic E-state index is 0.0177. The van der Waals surface area contributed by atoms with Crippen LogP contribution in [0, 0.1) is 0 Å². The van der Waals surface area contributed by atoms with Crippen LogP contribution in [0.5, 0.6) is 0 Å². The lowest BCUT2D eigenvalue weighted by atomic mass is 10.2. The Morgan fingerprint density at radius 1 is 1.06 bits per heavy atom. The first-order valence-electron chi connectivity index (χ1n) is 6.63. The van der Waals surface area contributed by atoms with Gasteiger partial charge in [0.2, 0.25) is 0 Å². The summed E-state index contributed by atoms with van der Waals surface area (Å²) < 4.78 is 0. The van der Waals surface area contributed by atoms with E-state index in [1.54, 1.807) is 6.20 Å². The molecule has 0 aliphatic carbocycles. The molecule has 1 aromatic rings. The third-order valence-corrected chi connectivity index (χ3v) is 3.18. The Morgan fingerprint density at radius 3 is 2.39 bits per heavy atom. The quantitative estimate of drug-likeness (QED) is 0.851. The van der Waals surface area contributed by atoms with Crippen LogP contribution in [0.25, 0.3) is 6.08 Å². The van der Waals surface area contributed by atoms with Gasteiger partial charge < -0.3 is 10.2 Å². The number of carbonyl (C=O) groups excluding carboxylic acids is 1. The molecule has 96 valence electrons. The molecule has 1 fully saturated rings. The summed E-state index contributed by atoms with van der Waals surface area (Å²) in [6.07, 6.45) is 8.36. The van der Waals surface area contributed by atoms with Gasteiger partial charge in [0, 0.05) is 19.3 Å². The van der Waals surface area contributed by atoms with Gasteiger partial charge in [0.05, 0.1) is 0 Å². The average Bonchev–Trinajstić information content (AvgIpc) is 2.69. The minimum Gasteiger partial charge on any atom is -0.325 e. The van der Waals surface area contributed by atoms with Gasteiger partial charge in [-0.15, -0.1) is 0 Å². The predicted octanol–water partition coefficient (Wildman–Crippen LogP) is 3.24. The van der Waals surface area contributed by atoms with Crippen LogP contribution in [0.1, 0.15) is 31.2 Å². The maximum Gasteiger partial charge on any atom is 0.321 e. The first kappa shape index (κ1) is 12.7. The van der Waals surface area contributed by atoms with Crippen molar-refractivity contribution in [2.45, 2.75) is 25.7 Å². The number of nitrogens with one attached hydrogen (secondary N) is 1. The molecule has 0 radical (unpaired) electrons. The molecule has 1 saturated heterocycles. The molecule has 1 heterocycles. The Balaban J connectivity index is 1.82. The highest BCUT2D eigenvalue weighted by atomic mass is 16.2. The molecule has 1 aromatic carbocycles. The van der Waals surface area contributed by atoms with Crippen LogP contribution >= 0.6 is 0 Å². The normalized spacial score (nSPS) is 16.6. The van der Waals surface area contributed by atoms with Gasteiger partial charge in [-0.05, 0) is 24.5 Å². The summed E-state index contributed by atoms with van der Waals surface area (Å²) in [7, 11) is 0. The van der Waals surface area contributed by atoms with Crippen molar-refractivity contribution >= 4 is 12.1 Å². The number of likely N-dealkylation sites (tertiary alicyclic amines) is 1. The maximum absolute atomic E-state index is 11.9. The Morgan fingerprint density at radius 2 is 1.72 bits per heavy atom. The van der Waals surface area contributed by atoms with Gasteiger partial charge >= 0.3 is 6.03 Å². The molecule has 2 rings (SSSR count). The molecule has 0 bridgehead atoms. The zero-order chi connectivity index (χ0) is 12.6. The van der Waals surface area contributed by atoms with Gasteiger partial charge in [-0.3, -0.25) is 0 Å². The summed E-state index contributed by atoms with van der Waals surface area (Å²) in [6.45, 7) is 1.76. The number of carbonyl (C=O) groups is 1. The van der Waals surface area contributed by atoms with Crippen molar-refractivity contribution in [1.82, 2.24) is 10.2 Å². The lowest BCUT2D eigenvalue weighted by Gasteiger charge is -2.19. The van der Waals surface area contributed by atoms with E-state index in [9.17, 15) is 4.79 Å². The molecule has 0 atom stereocenters. The third kappa shape index (κ3) is 3.91. The fraction of sp³-hybridized carbons (Fsp3) is 0.400. The van der Waals surface area contributed by atoms with E-state index in [-0.39, 0.29) is 6.03 Å². The molecule has 1 aliphatic rings. The fourth-order valence-corrected chi connectivity index (χ4v) is 2.14. The summed E-state index contributed by atoms with van der Waals surface area (Å²) in [5.74, 6) is 0. The molecule has 18 heavy (non-hydrogen) atoms. The van der Waals surface area contributed by atoms with Crippen LogP contribution in [-0.2, 0) is 0 Å². The number of amides is 2. The van der Waals surface area contributed by atoms with Gasteiger partial charge in [-0.2, -0.15) is 0 Å². The molecular weight excluding hydrogens is 224 g/mol. The van der Waals surface area contributed by atoms with Crippen molar-refractivity contribution in [2.75, 3.05) is 13.1 Å². The van der Waals surface area contributed by atoms with Gasteiger partial charge in [0.15, 0.2) is 0 Å². The highest BCUT2D eigenvalue weighted by Crippen LogP contribution is 2.09. The summed E-state index contributed by atoms with van der Waals surface area (Å²) in [5.41, 5.74) is 1.09. The largest absolute Gasteiger partial charge is 0.325 e.